The molecule has 1 aliphatic carbocycles. The molecule has 1 atom stereocenters. The minimum atomic E-state index is -0.397. The van der Waals surface area contributed by atoms with E-state index in [-0.39, 0.29) is 0 Å². The maximum Gasteiger partial charge on any atom is 0.340 e. The van der Waals surface area contributed by atoms with Crippen LogP contribution in [0.4, 0.5) is 11.4 Å². The number of benzene rings is 1. The Labute approximate surface area is 131 Å². The molecular weight excluding hydrogens is 288 g/mol. The molecule has 5 heteroatoms. The van der Waals surface area contributed by atoms with Gasteiger partial charge in [0.05, 0.1) is 22.9 Å². The van der Waals surface area contributed by atoms with Crippen LogP contribution in [-0.2, 0) is 4.74 Å². The van der Waals surface area contributed by atoms with Crippen molar-refractivity contribution in [3.05, 3.63) is 22.7 Å². The van der Waals surface area contributed by atoms with Crippen molar-refractivity contribution >= 4 is 28.9 Å². The van der Waals surface area contributed by atoms with Crippen LogP contribution in [0.3, 0.4) is 0 Å². The van der Waals surface area contributed by atoms with Crippen LogP contribution >= 0.6 is 11.6 Å². The third-order valence-electron chi connectivity index (χ3n) is 3.92. The number of nitrogens with two attached hydrogens (primary N) is 1. The molecule has 3 N–H and O–H groups in total. The predicted octanol–water partition coefficient (Wildman–Crippen LogP) is 4.09. The van der Waals surface area contributed by atoms with Gasteiger partial charge in [-0.2, -0.15) is 0 Å². The lowest BCUT2D eigenvalue weighted by molar-refractivity contribution is 0.0527. The van der Waals surface area contributed by atoms with E-state index in [0.29, 0.717) is 40.0 Å². The summed E-state index contributed by atoms with van der Waals surface area (Å²) in [7, 11) is 0. The SMILES string of the molecule is CCOC(=O)c1cc(N)cc(Cl)c1NC1CCC(C)(C)C1. The van der Waals surface area contributed by atoms with Crippen molar-refractivity contribution in [1.82, 2.24) is 0 Å². The molecule has 0 heterocycles. The Hall–Kier alpha value is -1.42. The predicted molar refractivity (Wildman–Crippen MR) is 86.9 cm³/mol. The van der Waals surface area contributed by atoms with E-state index in [1.165, 1.54) is 0 Å². The standard InChI is InChI=1S/C16H23ClN2O2/c1-4-21-15(20)12-7-10(18)8-13(17)14(12)19-11-5-6-16(2,3)9-11/h7-8,11,19H,4-6,9,18H2,1-3H3. The molecule has 4 nitrogen and oxygen atoms in total. The van der Waals surface area contributed by atoms with Crippen LogP contribution in [0.2, 0.25) is 5.02 Å². The number of hydrogen-bond acceptors (Lipinski definition) is 4. The van der Waals surface area contributed by atoms with E-state index in [2.05, 4.69) is 19.2 Å². The number of anilines is 2. The molecule has 1 aromatic carbocycles. The third-order valence-corrected chi connectivity index (χ3v) is 4.22. The molecule has 0 aliphatic heterocycles. The molecule has 1 unspecified atom stereocenters. The first kappa shape index (κ1) is 16.0. The van der Waals surface area contributed by atoms with Crippen molar-refractivity contribution in [3.8, 4) is 0 Å². The summed E-state index contributed by atoms with van der Waals surface area (Å²) >= 11 is 6.28. The second-order valence-electron chi connectivity index (χ2n) is 6.39. The molecule has 0 radical (unpaired) electrons. The molecule has 2 rings (SSSR count). The third kappa shape index (κ3) is 3.82. The summed E-state index contributed by atoms with van der Waals surface area (Å²) < 4.78 is 5.09. The highest BCUT2D eigenvalue weighted by atomic mass is 35.5. The smallest absolute Gasteiger partial charge is 0.340 e. The number of carbonyl (C=O) groups is 1. The van der Waals surface area contributed by atoms with Crippen molar-refractivity contribution in [2.45, 2.75) is 46.1 Å². The molecule has 0 aromatic heterocycles. The van der Waals surface area contributed by atoms with Crippen molar-refractivity contribution < 1.29 is 9.53 Å². The molecule has 1 aliphatic rings. The molecule has 0 amide bonds. The Morgan fingerprint density at radius 3 is 2.81 bits per heavy atom. The van der Waals surface area contributed by atoms with Crippen LogP contribution in [0.25, 0.3) is 0 Å². The van der Waals surface area contributed by atoms with Gasteiger partial charge >= 0.3 is 5.97 Å². The van der Waals surface area contributed by atoms with Gasteiger partial charge in [0.1, 0.15) is 0 Å². The van der Waals surface area contributed by atoms with E-state index >= 15 is 0 Å². The van der Waals surface area contributed by atoms with Gasteiger partial charge in [0, 0.05) is 11.7 Å². The highest BCUT2D eigenvalue weighted by Gasteiger charge is 2.32. The highest BCUT2D eigenvalue weighted by Crippen LogP contribution is 2.40. The van der Waals surface area contributed by atoms with Gasteiger partial charge < -0.3 is 15.8 Å². The maximum atomic E-state index is 12.1. The van der Waals surface area contributed by atoms with E-state index in [9.17, 15) is 4.79 Å². The van der Waals surface area contributed by atoms with Crippen molar-refractivity contribution in [2.24, 2.45) is 5.41 Å². The molecule has 116 valence electrons. The number of hydrogen-bond donors (Lipinski definition) is 2. The number of nitrogens with one attached hydrogen (secondary N) is 1. The first-order valence-corrected chi connectivity index (χ1v) is 7.73. The van der Waals surface area contributed by atoms with Crippen LogP contribution in [0.1, 0.15) is 50.4 Å². The Balaban J connectivity index is 2.27. The van der Waals surface area contributed by atoms with Crippen molar-refractivity contribution in [2.75, 3.05) is 17.7 Å². The lowest BCUT2D eigenvalue weighted by atomic mass is 9.92. The Bertz CT molecular complexity index is 543. The van der Waals surface area contributed by atoms with Crippen LogP contribution in [0.5, 0.6) is 0 Å². The summed E-state index contributed by atoms with van der Waals surface area (Å²) in [4.78, 5) is 12.1. The summed E-state index contributed by atoms with van der Waals surface area (Å²) in [5.74, 6) is -0.397. The van der Waals surface area contributed by atoms with E-state index < -0.39 is 5.97 Å². The van der Waals surface area contributed by atoms with Crippen LogP contribution < -0.4 is 11.1 Å². The number of nitrogen functional groups attached to an aromatic ring is 1. The van der Waals surface area contributed by atoms with E-state index in [1.54, 1.807) is 19.1 Å². The summed E-state index contributed by atoms with van der Waals surface area (Å²) in [5.41, 5.74) is 7.61. The fourth-order valence-corrected chi connectivity index (χ4v) is 3.19. The van der Waals surface area contributed by atoms with Gasteiger partial charge in [0.2, 0.25) is 0 Å². The topological polar surface area (TPSA) is 64.3 Å². The lowest BCUT2D eigenvalue weighted by Gasteiger charge is -2.21. The van der Waals surface area contributed by atoms with Crippen LogP contribution in [0.15, 0.2) is 12.1 Å². The monoisotopic (exact) mass is 310 g/mol. The fraction of sp³-hybridized carbons (Fsp3) is 0.562. The zero-order chi connectivity index (χ0) is 15.6. The summed E-state index contributed by atoms with van der Waals surface area (Å²) in [5, 5.41) is 3.87. The van der Waals surface area contributed by atoms with Gasteiger partial charge in [0.15, 0.2) is 0 Å². The normalized spacial score (nSPS) is 20.3. The number of ether oxygens (including phenoxy) is 1. The molecule has 0 bridgehead atoms. The molecular formula is C16H23ClN2O2. The molecule has 0 saturated heterocycles. The first-order valence-electron chi connectivity index (χ1n) is 7.35. The van der Waals surface area contributed by atoms with Gasteiger partial charge in [-0.05, 0) is 43.7 Å². The molecule has 21 heavy (non-hydrogen) atoms. The number of carbonyl (C=O) groups excluding carboxylic acids is 1. The molecule has 1 aromatic rings. The minimum Gasteiger partial charge on any atom is -0.462 e. The quantitative estimate of drug-likeness (QED) is 0.649. The van der Waals surface area contributed by atoms with E-state index in [4.69, 9.17) is 22.1 Å². The van der Waals surface area contributed by atoms with Crippen LogP contribution in [-0.4, -0.2) is 18.6 Å². The van der Waals surface area contributed by atoms with Gasteiger partial charge in [-0.25, -0.2) is 4.79 Å². The van der Waals surface area contributed by atoms with Gasteiger partial charge in [-0.1, -0.05) is 25.4 Å². The second kappa shape index (κ2) is 6.14. The number of halogens is 1. The number of esters is 1. The molecule has 0 spiro atoms. The van der Waals surface area contributed by atoms with E-state index in [0.717, 1.165) is 19.3 Å². The summed E-state index contributed by atoms with van der Waals surface area (Å²) in [6.45, 7) is 6.61. The summed E-state index contributed by atoms with van der Waals surface area (Å²) in [6, 6.07) is 3.59. The number of rotatable bonds is 4. The zero-order valence-electron chi connectivity index (χ0n) is 12.8. The largest absolute Gasteiger partial charge is 0.462 e. The molecule has 1 saturated carbocycles. The van der Waals surface area contributed by atoms with Crippen molar-refractivity contribution in [1.29, 1.82) is 0 Å². The van der Waals surface area contributed by atoms with Gasteiger partial charge in [0.25, 0.3) is 0 Å². The van der Waals surface area contributed by atoms with Gasteiger partial charge in [-0.3, -0.25) is 0 Å². The second-order valence-corrected chi connectivity index (χ2v) is 6.80. The minimum absolute atomic E-state index is 0.314. The Kier molecular flexibility index (Phi) is 4.67. The Morgan fingerprint density at radius 2 is 2.24 bits per heavy atom. The summed E-state index contributed by atoms with van der Waals surface area (Å²) in [6.07, 6.45) is 3.28. The Morgan fingerprint density at radius 1 is 1.52 bits per heavy atom. The van der Waals surface area contributed by atoms with E-state index in [1.807, 2.05) is 0 Å². The average molecular weight is 311 g/mol. The zero-order valence-corrected chi connectivity index (χ0v) is 13.6. The fourth-order valence-electron chi connectivity index (χ4n) is 2.91. The first-order chi connectivity index (χ1) is 9.82. The lowest BCUT2D eigenvalue weighted by Crippen LogP contribution is -2.20. The molecule has 1 fully saturated rings. The average Bonchev–Trinajstić information content (AvgIpc) is 2.72. The van der Waals surface area contributed by atoms with Crippen molar-refractivity contribution in [3.63, 3.8) is 0 Å². The highest BCUT2D eigenvalue weighted by molar-refractivity contribution is 6.34. The van der Waals surface area contributed by atoms with Crippen LogP contribution in [0, 0.1) is 5.41 Å². The maximum absolute atomic E-state index is 12.1. The van der Waals surface area contributed by atoms with Gasteiger partial charge in [-0.15, -0.1) is 0 Å².